The number of hydrogen-bond acceptors (Lipinski definition) is 6. The van der Waals surface area contributed by atoms with Crippen LogP contribution >= 0.6 is 0 Å². The van der Waals surface area contributed by atoms with Crippen LogP contribution in [0.4, 0.5) is 0 Å². The van der Waals surface area contributed by atoms with E-state index in [1.165, 1.54) is 19.8 Å². The van der Waals surface area contributed by atoms with E-state index < -0.39 is 5.97 Å². The summed E-state index contributed by atoms with van der Waals surface area (Å²) in [5, 5.41) is 0. The molecule has 0 bridgehead atoms. The third-order valence-electron chi connectivity index (χ3n) is 8.27. The number of fused-ring (bicyclic) bond motifs is 1. The van der Waals surface area contributed by atoms with Gasteiger partial charge < -0.3 is 14.2 Å². The van der Waals surface area contributed by atoms with Gasteiger partial charge in [-0.25, -0.2) is 0 Å². The summed E-state index contributed by atoms with van der Waals surface area (Å²) in [6, 6.07) is 0. The van der Waals surface area contributed by atoms with Gasteiger partial charge in [-0.15, -0.1) is 0 Å². The third-order valence-corrected chi connectivity index (χ3v) is 8.27. The molecule has 1 saturated carbocycles. The van der Waals surface area contributed by atoms with Crippen molar-refractivity contribution >= 4 is 17.9 Å². The number of carbonyl (C=O) groups excluding carboxylic acids is 3. The first-order valence-corrected chi connectivity index (χ1v) is 11.6. The number of methoxy groups -OCH3 is 2. The van der Waals surface area contributed by atoms with E-state index in [-0.39, 0.29) is 41.5 Å². The van der Waals surface area contributed by atoms with Crippen molar-refractivity contribution < 1.29 is 28.6 Å². The SMILES string of the molecule is COC(=O)CCC(=O)OC[C@@]12CC[C@@H](C)[C@](C)(CC[C@@H](C)C(=O)OC)[C@H]1CCC=C2C. The summed E-state index contributed by atoms with van der Waals surface area (Å²) in [6.45, 7) is 9.14. The third kappa shape index (κ3) is 5.50. The Morgan fingerprint density at radius 1 is 1.13 bits per heavy atom. The second-order valence-corrected chi connectivity index (χ2v) is 9.82. The second-order valence-electron chi connectivity index (χ2n) is 9.82. The van der Waals surface area contributed by atoms with Crippen LogP contribution in [0.2, 0.25) is 0 Å². The van der Waals surface area contributed by atoms with Crippen LogP contribution in [-0.2, 0) is 28.6 Å². The lowest BCUT2D eigenvalue weighted by atomic mass is 9.46. The minimum Gasteiger partial charge on any atom is -0.469 e. The average molecular weight is 437 g/mol. The largest absolute Gasteiger partial charge is 0.469 e. The Balaban J connectivity index is 2.18. The Bertz CT molecular complexity index is 698. The van der Waals surface area contributed by atoms with Crippen LogP contribution in [0.3, 0.4) is 0 Å². The van der Waals surface area contributed by atoms with Crippen molar-refractivity contribution in [1.82, 2.24) is 0 Å². The second kappa shape index (κ2) is 10.6. The quantitative estimate of drug-likeness (QED) is 0.292. The molecule has 176 valence electrons. The van der Waals surface area contributed by atoms with Crippen molar-refractivity contribution in [2.24, 2.45) is 28.6 Å². The lowest BCUT2D eigenvalue weighted by Crippen LogP contribution is -2.53. The van der Waals surface area contributed by atoms with Crippen LogP contribution in [0.25, 0.3) is 0 Å². The van der Waals surface area contributed by atoms with Gasteiger partial charge >= 0.3 is 17.9 Å². The van der Waals surface area contributed by atoms with Gasteiger partial charge in [-0.1, -0.05) is 32.4 Å². The predicted octanol–water partition coefficient (Wildman–Crippen LogP) is 4.85. The predicted molar refractivity (Wildman–Crippen MR) is 118 cm³/mol. The van der Waals surface area contributed by atoms with E-state index in [4.69, 9.17) is 9.47 Å². The minimum absolute atomic E-state index is 0.0422. The molecule has 0 unspecified atom stereocenters. The first-order chi connectivity index (χ1) is 14.6. The van der Waals surface area contributed by atoms with Gasteiger partial charge in [0, 0.05) is 5.41 Å². The highest BCUT2D eigenvalue weighted by atomic mass is 16.5. The summed E-state index contributed by atoms with van der Waals surface area (Å²) in [4.78, 5) is 35.6. The number of hydrogen-bond donors (Lipinski definition) is 0. The van der Waals surface area contributed by atoms with Crippen molar-refractivity contribution in [1.29, 1.82) is 0 Å². The molecule has 2 aliphatic rings. The number of ether oxygens (including phenoxy) is 3. The number of rotatable bonds is 9. The Labute approximate surface area is 187 Å². The summed E-state index contributed by atoms with van der Waals surface area (Å²) >= 11 is 0. The lowest BCUT2D eigenvalue weighted by Gasteiger charge is -2.59. The highest BCUT2D eigenvalue weighted by Crippen LogP contribution is 2.62. The van der Waals surface area contributed by atoms with E-state index >= 15 is 0 Å². The van der Waals surface area contributed by atoms with Crippen molar-refractivity contribution in [3.63, 3.8) is 0 Å². The highest BCUT2D eigenvalue weighted by molar-refractivity contribution is 5.77. The van der Waals surface area contributed by atoms with Crippen LogP contribution in [0, 0.1) is 28.6 Å². The zero-order chi connectivity index (χ0) is 23.2. The zero-order valence-corrected chi connectivity index (χ0v) is 20.1. The van der Waals surface area contributed by atoms with E-state index in [1.54, 1.807) is 0 Å². The molecule has 5 atom stereocenters. The van der Waals surface area contributed by atoms with Gasteiger partial charge in [0.15, 0.2) is 0 Å². The molecular formula is C25H40O6. The standard InChI is InChI=1S/C25H40O6/c1-17(23(28)30-6)12-14-24(4)18(2)13-15-25(19(3)8-7-9-20(24)25)16-31-22(27)11-10-21(26)29-5/h8,17-18,20H,7,9-16H2,1-6H3/t17-,18-,20-,24+,25-/m1/s1. The maximum Gasteiger partial charge on any atom is 0.308 e. The van der Waals surface area contributed by atoms with Gasteiger partial charge in [0.2, 0.25) is 0 Å². The van der Waals surface area contributed by atoms with Crippen LogP contribution in [-0.4, -0.2) is 38.7 Å². The molecule has 0 spiro atoms. The molecule has 0 radical (unpaired) electrons. The molecule has 0 amide bonds. The van der Waals surface area contributed by atoms with E-state index in [0.717, 1.165) is 38.5 Å². The Morgan fingerprint density at radius 3 is 2.45 bits per heavy atom. The molecule has 0 aromatic rings. The van der Waals surface area contributed by atoms with Crippen molar-refractivity contribution in [3.05, 3.63) is 11.6 Å². The fourth-order valence-corrected chi connectivity index (χ4v) is 5.84. The van der Waals surface area contributed by atoms with Crippen LogP contribution in [0.5, 0.6) is 0 Å². The normalized spacial score (nSPS) is 31.1. The van der Waals surface area contributed by atoms with Crippen LogP contribution < -0.4 is 0 Å². The summed E-state index contributed by atoms with van der Waals surface area (Å²) in [6.07, 6.45) is 8.27. The first kappa shape index (κ1) is 25.4. The summed E-state index contributed by atoms with van der Waals surface area (Å²) in [5.74, 6) is -0.125. The number of esters is 3. The Morgan fingerprint density at radius 2 is 1.81 bits per heavy atom. The molecule has 2 rings (SSSR count). The molecule has 31 heavy (non-hydrogen) atoms. The van der Waals surface area contributed by atoms with Gasteiger partial charge in [-0.05, 0) is 62.7 Å². The van der Waals surface area contributed by atoms with Crippen molar-refractivity contribution in [2.75, 3.05) is 20.8 Å². The van der Waals surface area contributed by atoms with Gasteiger partial charge in [-0.3, -0.25) is 14.4 Å². The maximum absolute atomic E-state index is 12.3. The minimum atomic E-state index is -0.402. The van der Waals surface area contributed by atoms with Crippen molar-refractivity contribution in [3.8, 4) is 0 Å². The molecule has 6 nitrogen and oxygen atoms in total. The molecule has 0 aliphatic heterocycles. The molecule has 6 heteroatoms. The smallest absolute Gasteiger partial charge is 0.308 e. The van der Waals surface area contributed by atoms with Gasteiger partial charge in [0.05, 0.1) is 33.0 Å². The van der Waals surface area contributed by atoms with Gasteiger partial charge in [-0.2, -0.15) is 0 Å². The van der Waals surface area contributed by atoms with Crippen LogP contribution in [0.1, 0.15) is 79.1 Å². The number of allylic oxidation sites excluding steroid dienone is 1. The molecule has 1 fully saturated rings. The van der Waals surface area contributed by atoms with Gasteiger partial charge in [0.25, 0.3) is 0 Å². The molecule has 0 aromatic carbocycles. The first-order valence-electron chi connectivity index (χ1n) is 11.6. The fourth-order valence-electron chi connectivity index (χ4n) is 5.84. The molecule has 0 saturated heterocycles. The maximum atomic E-state index is 12.3. The molecule has 0 aromatic heterocycles. The summed E-state index contributed by atoms with van der Waals surface area (Å²) < 4.78 is 15.3. The monoisotopic (exact) mass is 436 g/mol. The van der Waals surface area contributed by atoms with E-state index in [9.17, 15) is 14.4 Å². The van der Waals surface area contributed by atoms with Gasteiger partial charge in [0.1, 0.15) is 6.61 Å². The molecular weight excluding hydrogens is 396 g/mol. The molecule has 2 aliphatic carbocycles. The number of carbonyl (C=O) groups is 3. The summed E-state index contributed by atoms with van der Waals surface area (Å²) in [5.41, 5.74) is 1.19. The van der Waals surface area contributed by atoms with Crippen molar-refractivity contribution in [2.45, 2.75) is 79.1 Å². The fraction of sp³-hybridized carbons (Fsp3) is 0.800. The Hall–Kier alpha value is -1.85. The lowest BCUT2D eigenvalue weighted by molar-refractivity contribution is -0.157. The Kier molecular flexibility index (Phi) is 8.73. The molecule has 0 heterocycles. The zero-order valence-electron chi connectivity index (χ0n) is 20.1. The highest BCUT2D eigenvalue weighted by Gasteiger charge is 2.55. The topological polar surface area (TPSA) is 78.9 Å². The van der Waals surface area contributed by atoms with E-state index in [2.05, 4.69) is 31.6 Å². The van der Waals surface area contributed by atoms with E-state index in [1.807, 2.05) is 6.92 Å². The molecule has 0 N–H and O–H groups in total. The average Bonchev–Trinajstić information content (AvgIpc) is 2.77. The summed E-state index contributed by atoms with van der Waals surface area (Å²) in [7, 11) is 2.76. The van der Waals surface area contributed by atoms with Crippen LogP contribution in [0.15, 0.2) is 11.6 Å². The van der Waals surface area contributed by atoms with E-state index in [0.29, 0.717) is 18.4 Å².